The van der Waals surface area contributed by atoms with E-state index in [0.717, 1.165) is 31.7 Å². The first-order valence-corrected chi connectivity index (χ1v) is 7.13. The SMILES string of the molecule is COc1cccc(F)c1-c1cc(NC2CCNCC2)n[nH]1. The first-order chi connectivity index (χ1) is 10.3. The summed E-state index contributed by atoms with van der Waals surface area (Å²) in [5.41, 5.74) is 1.02. The molecule has 0 saturated carbocycles. The van der Waals surface area contributed by atoms with Crippen molar-refractivity contribution >= 4 is 5.82 Å². The molecule has 0 bridgehead atoms. The van der Waals surface area contributed by atoms with Crippen molar-refractivity contribution in [2.24, 2.45) is 0 Å². The Morgan fingerprint density at radius 2 is 2.14 bits per heavy atom. The highest BCUT2D eigenvalue weighted by Crippen LogP contribution is 2.32. The summed E-state index contributed by atoms with van der Waals surface area (Å²) in [5.74, 6) is 0.903. The van der Waals surface area contributed by atoms with Crippen LogP contribution in [0.4, 0.5) is 10.2 Å². The van der Waals surface area contributed by atoms with Crippen molar-refractivity contribution in [2.45, 2.75) is 18.9 Å². The van der Waals surface area contributed by atoms with Crippen LogP contribution in [-0.4, -0.2) is 36.4 Å². The standard InChI is InChI=1S/C15H19FN4O/c1-21-13-4-2-3-11(16)15(13)12-9-14(20-19-12)18-10-5-7-17-8-6-10/h2-4,9-10,17H,5-8H2,1H3,(H2,18,19,20). The van der Waals surface area contributed by atoms with Crippen LogP contribution in [0.15, 0.2) is 24.3 Å². The van der Waals surface area contributed by atoms with Gasteiger partial charge in [-0.2, -0.15) is 5.10 Å². The molecule has 0 aliphatic carbocycles. The van der Waals surface area contributed by atoms with Gasteiger partial charge in [-0.15, -0.1) is 0 Å². The predicted octanol–water partition coefficient (Wildman–Crippen LogP) is 2.39. The van der Waals surface area contributed by atoms with E-state index in [-0.39, 0.29) is 5.82 Å². The molecule has 0 amide bonds. The highest BCUT2D eigenvalue weighted by Gasteiger charge is 2.17. The number of hydrogen-bond donors (Lipinski definition) is 3. The van der Waals surface area contributed by atoms with Crippen LogP contribution < -0.4 is 15.4 Å². The van der Waals surface area contributed by atoms with Crippen LogP contribution in [0.1, 0.15) is 12.8 Å². The summed E-state index contributed by atoms with van der Waals surface area (Å²) < 4.78 is 19.3. The molecule has 3 N–H and O–H groups in total. The molecular formula is C15H19FN4O. The Bertz CT molecular complexity index is 607. The monoisotopic (exact) mass is 290 g/mol. The van der Waals surface area contributed by atoms with Gasteiger partial charge >= 0.3 is 0 Å². The van der Waals surface area contributed by atoms with Crippen LogP contribution in [0.25, 0.3) is 11.3 Å². The first kappa shape index (κ1) is 13.9. The molecule has 1 aromatic heterocycles. The van der Waals surface area contributed by atoms with Gasteiger partial charge in [0.15, 0.2) is 0 Å². The van der Waals surface area contributed by atoms with Crippen LogP contribution in [0, 0.1) is 5.82 Å². The number of nitrogens with one attached hydrogen (secondary N) is 3. The van der Waals surface area contributed by atoms with Gasteiger partial charge in [-0.05, 0) is 38.1 Å². The smallest absolute Gasteiger partial charge is 0.148 e. The summed E-state index contributed by atoms with van der Waals surface area (Å²) in [7, 11) is 1.53. The zero-order valence-electron chi connectivity index (χ0n) is 11.9. The fourth-order valence-corrected chi connectivity index (χ4v) is 2.63. The first-order valence-electron chi connectivity index (χ1n) is 7.13. The fraction of sp³-hybridized carbons (Fsp3) is 0.400. The summed E-state index contributed by atoms with van der Waals surface area (Å²) in [4.78, 5) is 0. The number of H-pyrrole nitrogens is 1. The summed E-state index contributed by atoms with van der Waals surface area (Å²) in [5, 5.41) is 13.8. The summed E-state index contributed by atoms with van der Waals surface area (Å²) >= 11 is 0. The van der Waals surface area contributed by atoms with E-state index in [4.69, 9.17) is 4.74 Å². The number of aromatic amines is 1. The van der Waals surface area contributed by atoms with E-state index in [2.05, 4.69) is 20.8 Å². The summed E-state index contributed by atoms with van der Waals surface area (Å²) in [6.45, 7) is 2.02. The van der Waals surface area contributed by atoms with Gasteiger partial charge in [0, 0.05) is 12.1 Å². The maximum Gasteiger partial charge on any atom is 0.148 e. The minimum absolute atomic E-state index is 0.327. The minimum atomic E-state index is -0.327. The molecular weight excluding hydrogens is 271 g/mol. The molecule has 1 saturated heterocycles. The van der Waals surface area contributed by atoms with Crippen LogP contribution in [0.3, 0.4) is 0 Å². The summed E-state index contributed by atoms with van der Waals surface area (Å²) in [6.07, 6.45) is 2.12. The third kappa shape index (κ3) is 3.00. The minimum Gasteiger partial charge on any atom is -0.496 e. The van der Waals surface area contributed by atoms with E-state index in [0.29, 0.717) is 23.0 Å². The predicted molar refractivity (Wildman–Crippen MR) is 80.0 cm³/mol. The van der Waals surface area contributed by atoms with Crippen molar-refractivity contribution in [1.82, 2.24) is 15.5 Å². The Morgan fingerprint density at radius 1 is 1.33 bits per heavy atom. The van der Waals surface area contributed by atoms with Crippen LogP contribution in [-0.2, 0) is 0 Å². The average Bonchev–Trinajstić information content (AvgIpc) is 2.96. The highest BCUT2D eigenvalue weighted by atomic mass is 19.1. The second-order valence-corrected chi connectivity index (χ2v) is 5.15. The van der Waals surface area contributed by atoms with Gasteiger partial charge in [0.05, 0.1) is 18.4 Å². The van der Waals surface area contributed by atoms with Crippen LogP contribution >= 0.6 is 0 Å². The lowest BCUT2D eigenvalue weighted by Gasteiger charge is -2.23. The van der Waals surface area contributed by atoms with Crippen molar-refractivity contribution in [2.75, 3.05) is 25.5 Å². The molecule has 1 aromatic carbocycles. The molecule has 21 heavy (non-hydrogen) atoms. The molecule has 1 aliphatic heterocycles. The quantitative estimate of drug-likeness (QED) is 0.809. The van der Waals surface area contributed by atoms with E-state index < -0.39 is 0 Å². The van der Waals surface area contributed by atoms with Crippen molar-refractivity contribution in [3.05, 3.63) is 30.1 Å². The Balaban J connectivity index is 1.81. The van der Waals surface area contributed by atoms with Gasteiger partial charge in [0.2, 0.25) is 0 Å². The number of methoxy groups -OCH3 is 1. The van der Waals surface area contributed by atoms with Gasteiger partial charge < -0.3 is 15.4 Å². The largest absolute Gasteiger partial charge is 0.496 e. The topological polar surface area (TPSA) is 62.0 Å². The maximum atomic E-state index is 14.0. The maximum absolute atomic E-state index is 14.0. The number of anilines is 1. The molecule has 6 heteroatoms. The number of aromatic nitrogens is 2. The number of rotatable bonds is 4. The number of benzene rings is 1. The van der Waals surface area contributed by atoms with Crippen molar-refractivity contribution < 1.29 is 9.13 Å². The summed E-state index contributed by atoms with van der Waals surface area (Å²) in [6, 6.07) is 7.01. The highest BCUT2D eigenvalue weighted by molar-refractivity contribution is 5.70. The Hall–Kier alpha value is -2.08. The van der Waals surface area contributed by atoms with E-state index >= 15 is 0 Å². The van der Waals surface area contributed by atoms with E-state index in [9.17, 15) is 4.39 Å². The number of hydrogen-bond acceptors (Lipinski definition) is 4. The molecule has 2 heterocycles. The number of nitrogens with zero attached hydrogens (tertiary/aromatic N) is 1. The second kappa shape index (κ2) is 6.13. The Kier molecular flexibility index (Phi) is 4.06. The zero-order chi connectivity index (χ0) is 14.7. The molecule has 3 rings (SSSR count). The van der Waals surface area contributed by atoms with Gasteiger partial charge in [-0.1, -0.05) is 6.07 Å². The lowest BCUT2D eigenvalue weighted by molar-refractivity contribution is 0.413. The third-order valence-electron chi connectivity index (χ3n) is 3.73. The van der Waals surface area contributed by atoms with E-state index in [1.54, 1.807) is 12.1 Å². The number of ether oxygens (including phenoxy) is 1. The van der Waals surface area contributed by atoms with E-state index in [1.165, 1.54) is 13.2 Å². The van der Waals surface area contributed by atoms with E-state index in [1.807, 2.05) is 6.07 Å². The molecule has 2 aromatic rings. The molecule has 5 nitrogen and oxygen atoms in total. The van der Waals surface area contributed by atoms with Crippen molar-refractivity contribution in [3.63, 3.8) is 0 Å². The van der Waals surface area contributed by atoms with Crippen LogP contribution in [0.5, 0.6) is 5.75 Å². The molecule has 1 fully saturated rings. The molecule has 0 atom stereocenters. The molecule has 0 unspecified atom stereocenters. The number of piperidine rings is 1. The molecule has 0 spiro atoms. The fourth-order valence-electron chi connectivity index (χ4n) is 2.63. The zero-order valence-corrected chi connectivity index (χ0v) is 11.9. The van der Waals surface area contributed by atoms with Crippen molar-refractivity contribution in [1.29, 1.82) is 0 Å². The molecule has 0 radical (unpaired) electrons. The average molecular weight is 290 g/mol. The van der Waals surface area contributed by atoms with Crippen LogP contribution in [0.2, 0.25) is 0 Å². The normalized spacial score (nSPS) is 15.9. The van der Waals surface area contributed by atoms with Gasteiger partial charge in [-0.3, -0.25) is 5.10 Å². The van der Waals surface area contributed by atoms with Crippen molar-refractivity contribution in [3.8, 4) is 17.0 Å². The second-order valence-electron chi connectivity index (χ2n) is 5.15. The lowest BCUT2D eigenvalue weighted by atomic mass is 10.1. The molecule has 112 valence electrons. The third-order valence-corrected chi connectivity index (χ3v) is 3.73. The van der Waals surface area contributed by atoms with Gasteiger partial charge in [-0.25, -0.2) is 4.39 Å². The molecule has 1 aliphatic rings. The van der Waals surface area contributed by atoms with Gasteiger partial charge in [0.1, 0.15) is 17.4 Å². The Morgan fingerprint density at radius 3 is 2.90 bits per heavy atom. The Labute approximate surface area is 122 Å². The number of halogens is 1. The van der Waals surface area contributed by atoms with Gasteiger partial charge in [0.25, 0.3) is 0 Å². The lowest BCUT2D eigenvalue weighted by Crippen LogP contribution is -2.35.